The second-order valence-electron chi connectivity index (χ2n) is 3.45. The minimum absolute atomic E-state index is 0.0513. The number of hydrogen-bond donors (Lipinski definition) is 1. The summed E-state index contributed by atoms with van der Waals surface area (Å²) >= 11 is 0. The Labute approximate surface area is 88.3 Å². The standard InChI is InChI=1S/C11H15F2NO/c1-7(14-3)8(2)15-10-6-4-5-9(12)11(10)13/h4-8,14H,1-3H3. The number of halogens is 2. The van der Waals surface area contributed by atoms with Gasteiger partial charge in [-0.2, -0.15) is 4.39 Å². The largest absolute Gasteiger partial charge is 0.486 e. The number of nitrogens with one attached hydrogen (secondary N) is 1. The van der Waals surface area contributed by atoms with Gasteiger partial charge >= 0.3 is 0 Å². The van der Waals surface area contributed by atoms with Crippen LogP contribution in [0.25, 0.3) is 0 Å². The highest BCUT2D eigenvalue weighted by Gasteiger charge is 2.15. The first kappa shape index (κ1) is 11.9. The topological polar surface area (TPSA) is 21.3 Å². The van der Waals surface area contributed by atoms with Gasteiger partial charge in [-0.1, -0.05) is 6.07 Å². The molecular weight excluding hydrogens is 200 g/mol. The Balaban J connectivity index is 2.76. The molecule has 0 aliphatic carbocycles. The highest BCUT2D eigenvalue weighted by molar-refractivity contribution is 5.25. The highest BCUT2D eigenvalue weighted by atomic mass is 19.2. The van der Waals surface area contributed by atoms with E-state index < -0.39 is 11.6 Å². The average Bonchev–Trinajstić information content (AvgIpc) is 2.23. The summed E-state index contributed by atoms with van der Waals surface area (Å²) < 4.78 is 31.4. The van der Waals surface area contributed by atoms with Gasteiger partial charge in [0, 0.05) is 6.04 Å². The fourth-order valence-electron chi connectivity index (χ4n) is 1.11. The van der Waals surface area contributed by atoms with E-state index in [1.165, 1.54) is 12.1 Å². The van der Waals surface area contributed by atoms with Crippen LogP contribution in [0.15, 0.2) is 18.2 Å². The Bertz CT molecular complexity index is 330. The summed E-state index contributed by atoms with van der Waals surface area (Å²) in [5.41, 5.74) is 0. The molecule has 0 saturated carbocycles. The van der Waals surface area contributed by atoms with E-state index >= 15 is 0 Å². The van der Waals surface area contributed by atoms with Gasteiger partial charge in [-0.3, -0.25) is 0 Å². The summed E-state index contributed by atoms with van der Waals surface area (Å²) in [6.45, 7) is 3.70. The molecule has 0 spiro atoms. The van der Waals surface area contributed by atoms with Crippen molar-refractivity contribution in [2.24, 2.45) is 0 Å². The molecule has 0 amide bonds. The van der Waals surface area contributed by atoms with Gasteiger partial charge in [0.25, 0.3) is 0 Å². The van der Waals surface area contributed by atoms with E-state index in [2.05, 4.69) is 5.32 Å². The summed E-state index contributed by atoms with van der Waals surface area (Å²) in [6.07, 6.45) is -0.230. The number of benzene rings is 1. The summed E-state index contributed by atoms with van der Waals surface area (Å²) in [7, 11) is 1.78. The Morgan fingerprint density at radius 2 is 1.93 bits per heavy atom. The molecule has 15 heavy (non-hydrogen) atoms. The fraction of sp³-hybridized carbons (Fsp3) is 0.455. The van der Waals surface area contributed by atoms with Gasteiger partial charge in [0.15, 0.2) is 11.6 Å². The minimum atomic E-state index is -0.937. The smallest absolute Gasteiger partial charge is 0.200 e. The third-order valence-electron chi connectivity index (χ3n) is 2.39. The van der Waals surface area contributed by atoms with Crippen molar-refractivity contribution in [2.75, 3.05) is 7.05 Å². The van der Waals surface area contributed by atoms with E-state index in [1.807, 2.05) is 6.92 Å². The molecule has 4 heteroatoms. The van der Waals surface area contributed by atoms with E-state index in [0.29, 0.717) is 0 Å². The van der Waals surface area contributed by atoms with Gasteiger partial charge in [-0.15, -0.1) is 0 Å². The van der Waals surface area contributed by atoms with Crippen molar-refractivity contribution in [3.63, 3.8) is 0 Å². The summed E-state index contributed by atoms with van der Waals surface area (Å²) in [6, 6.07) is 3.96. The number of rotatable bonds is 4. The lowest BCUT2D eigenvalue weighted by molar-refractivity contribution is 0.173. The minimum Gasteiger partial charge on any atom is -0.486 e. The molecule has 1 N–H and O–H groups in total. The quantitative estimate of drug-likeness (QED) is 0.832. The second-order valence-corrected chi connectivity index (χ2v) is 3.45. The molecule has 2 atom stereocenters. The lowest BCUT2D eigenvalue weighted by Gasteiger charge is -2.21. The van der Waals surface area contributed by atoms with Crippen LogP contribution in [0.5, 0.6) is 5.75 Å². The molecule has 0 bridgehead atoms. The normalized spacial score (nSPS) is 14.7. The average molecular weight is 215 g/mol. The van der Waals surface area contributed by atoms with Crippen LogP contribution in [0.3, 0.4) is 0 Å². The molecule has 0 aliphatic heterocycles. The summed E-state index contributed by atoms with van der Waals surface area (Å²) in [5, 5.41) is 2.98. The second kappa shape index (κ2) is 5.07. The van der Waals surface area contributed by atoms with E-state index in [9.17, 15) is 8.78 Å². The zero-order valence-electron chi connectivity index (χ0n) is 9.05. The van der Waals surface area contributed by atoms with Crippen molar-refractivity contribution in [2.45, 2.75) is 26.0 Å². The Morgan fingerprint density at radius 3 is 2.53 bits per heavy atom. The molecule has 2 unspecified atom stereocenters. The number of likely N-dealkylation sites (N-methyl/N-ethyl adjacent to an activating group) is 1. The third kappa shape index (κ3) is 2.89. The lowest BCUT2D eigenvalue weighted by atomic mass is 10.2. The lowest BCUT2D eigenvalue weighted by Crippen LogP contribution is -2.36. The molecule has 0 radical (unpaired) electrons. The Hall–Kier alpha value is -1.16. The molecule has 2 nitrogen and oxygen atoms in total. The molecule has 1 rings (SSSR count). The molecule has 0 fully saturated rings. The van der Waals surface area contributed by atoms with Crippen LogP contribution in [-0.4, -0.2) is 19.2 Å². The SMILES string of the molecule is CNC(C)C(C)Oc1cccc(F)c1F. The van der Waals surface area contributed by atoms with E-state index in [0.717, 1.165) is 6.07 Å². The van der Waals surface area contributed by atoms with Crippen molar-refractivity contribution in [3.05, 3.63) is 29.8 Å². The Morgan fingerprint density at radius 1 is 1.27 bits per heavy atom. The van der Waals surface area contributed by atoms with E-state index in [4.69, 9.17) is 4.74 Å². The summed E-state index contributed by atoms with van der Waals surface area (Å²) in [4.78, 5) is 0. The van der Waals surface area contributed by atoms with Crippen LogP contribution in [0.2, 0.25) is 0 Å². The molecule has 0 aliphatic rings. The van der Waals surface area contributed by atoms with Gasteiger partial charge < -0.3 is 10.1 Å². The van der Waals surface area contributed by atoms with Crippen molar-refractivity contribution in [1.29, 1.82) is 0 Å². The van der Waals surface area contributed by atoms with Gasteiger partial charge in [-0.05, 0) is 33.0 Å². The van der Waals surface area contributed by atoms with Crippen LogP contribution < -0.4 is 10.1 Å². The number of hydrogen-bond acceptors (Lipinski definition) is 2. The zero-order valence-corrected chi connectivity index (χ0v) is 9.05. The molecular formula is C11H15F2NO. The van der Waals surface area contributed by atoms with Crippen LogP contribution in [0, 0.1) is 11.6 Å². The van der Waals surface area contributed by atoms with Gasteiger partial charge in [-0.25, -0.2) is 4.39 Å². The fourth-order valence-corrected chi connectivity index (χ4v) is 1.11. The van der Waals surface area contributed by atoms with Crippen molar-refractivity contribution < 1.29 is 13.5 Å². The zero-order chi connectivity index (χ0) is 11.4. The maximum atomic E-state index is 13.2. The van der Waals surface area contributed by atoms with Gasteiger partial charge in [0.2, 0.25) is 5.82 Å². The van der Waals surface area contributed by atoms with Gasteiger partial charge in [0.1, 0.15) is 6.10 Å². The molecule has 0 heterocycles. The van der Waals surface area contributed by atoms with Crippen molar-refractivity contribution >= 4 is 0 Å². The van der Waals surface area contributed by atoms with Crippen molar-refractivity contribution in [3.8, 4) is 5.75 Å². The van der Waals surface area contributed by atoms with Crippen LogP contribution in [0.1, 0.15) is 13.8 Å². The predicted molar refractivity (Wildman–Crippen MR) is 55.0 cm³/mol. The maximum Gasteiger partial charge on any atom is 0.200 e. The van der Waals surface area contributed by atoms with Crippen LogP contribution in [0.4, 0.5) is 8.78 Å². The van der Waals surface area contributed by atoms with E-state index in [1.54, 1.807) is 14.0 Å². The molecule has 1 aromatic carbocycles. The maximum absolute atomic E-state index is 13.2. The predicted octanol–water partition coefficient (Wildman–Crippen LogP) is 2.34. The first-order valence-corrected chi connectivity index (χ1v) is 4.84. The number of ether oxygens (including phenoxy) is 1. The van der Waals surface area contributed by atoms with Gasteiger partial charge in [0.05, 0.1) is 0 Å². The first-order chi connectivity index (χ1) is 7.06. The summed E-state index contributed by atoms with van der Waals surface area (Å²) in [5.74, 6) is -1.88. The first-order valence-electron chi connectivity index (χ1n) is 4.84. The Kier molecular flexibility index (Phi) is 4.03. The van der Waals surface area contributed by atoms with E-state index in [-0.39, 0.29) is 17.9 Å². The van der Waals surface area contributed by atoms with Crippen molar-refractivity contribution in [1.82, 2.24) is 5.32 Å². The molecule has 84 valence electrons. The third-order valence-corrected chi connectivity index (χ3v) is 2.39. The van der Waals surface area contributed by atoms with Crippen LogP contribution in [-0.2, 0) is 0 Å². The highest BCUT2D eigenvalue weighted by Crippen LogP contribution is 2.20. The monoisotopic (exact) mass is 215 g/mol. The van der Waals surface area contributed by atoms with Crippen LogP contribution >= 0.6 is 0 Å². The molecule has 0 saturated heterocycles. The molecule has 1 aromatic rings. The molecule has 0 aromatic heterocycles.